The van der Waals surface area contributed by atoms with Gasteiger partial charge in [0.1, 0.15) is 5.75 Å². The standard InChI is InChI=1S/C19H19Cl2NO4S/c1-19(2)5-3-12-15(18(19)24)14(10-7-9(20)8-11(21)16(10)23)17-13(22-12)4-6-27(17,25)26/h7-8,14,22-23H,3-6H2,1-2H3. The maximum atomic E-state index is 13.3. The Morgan fingerprint density at radius 1 is 1.19 bits per heavy atom. The number of nitrogens with one attached hydrogen (secondary N) is 1. The van der Waals surface area contributed by atoms with Gasteiger partial charge >= 0.3 is 0 Å². The van der Waals surface area contributed by atoms with E-state index in [1.54, 1.807) is 0 Å². The van der Waals surface area contributed by atoms with Crippen LogP contribution >= 0.6 is 23.2 Å². The number of hydrogen-bond acceptors (Lipinski definition) is 5. The van der Waals surface area contributed by atoms with E-state index >= 15 is 0 Å². The predicted octanol–water partition coefficient (Wildman–Crippen LogP) is 4.06. The number of carbonyl (C=O) groups excluding carboxylic acids is 1. The van der Waals surface area contributed by atoms with Crippen molar-refractivity contribution in [2.45, 2.75) is 39.0 Å². The van der Waals surface area contributed by atoms with Crippen LogP contribution in [0.25, 0.3) is 0 Å². The van der Waals surface area contributed by atoms with E-state index < -0.39 is 21.2 Å². The summed E-state index contributed by atoms with van der Waals surface area (Å²) in [5.74, 6) is -1.28. The van der Waals surface area contributed by atoms with E-state index in [0.717, 1.165) is 5.70 Å². The molecule has 0 fully saturated rings. The van der Waals surface area contributed by atoms with E-state index in [9.17, 15) is 18.3 Å². The van der Waals surface area contributed by atoms with Gasteiger partial charge in [-0.3, -0.25) is 4.79 Å². The molecule has 2 heterocycles. The molecular weight excluding hydrogens is 409 g/mol. The highest BCUT2D eigenvalue weighted by atomic mass is 35.5. The number of Topliss-reactive ketones (excluding diaryl/α,β-unsaturated/α-hetero) is 1. The highest BCUT2D eigenvalue weighted by molar-refractivity contribution is 7.95. The number of rotatable bonds is 1. The maximum Gasteiger partial charge on any atom is 0.177 e. The van der Waals surface area contributed by atoms with Crippen LogP contribution in [0.3, 0.4) is 0 Å². The van der Waals surface area contributed by atoms with Gasteiger partial charge in [0.15, 0.2) is 15.6 Å². The van der Waals surface area contributed by atoms with Crippen molar-refractivity contribution in [3.63, 3.8) is 0 Å². The first-order valence-electron chi connectivity index (χ1n) is 8.71. The molecule has 1 aromatic carbocycles. The molecule has 0 saturated carbocycles. The lowest BCUT2D eigenvalue weighted by Gasteiger charge is -2.39. The Bertz CT molecular complexity index is 1050. The third-order valence-corrected chi connectivity index (χ3v) is 8.06. The van der Waals surface area contributed by atoms with Gasteiger partial charge in [0.25, 0.3) is 0 Å². The van der Waals surface area contributed by atoms with Crippen molar-refractivity contribution in [1.29, 1.82) is 0 Å². The van der Waals surface area contributed by atoms with Crippen LogP contribution < -0.4 is 5.32 Å². The molecule has 27 heavy (non-hydrogen) atoms. The number of allylic oxidation sites excluding steroid dienone is 4. The Hall–Kier alpha value is -1.50. The molecule has 1 atom stereocenters. The first-order chi connectivity index (χ1) is 12.5. The minimum Gasteiger partial charge on any atom is -0.506 e. The van der Waals surface area contributed by atoms with Crippen LogP contribution in [-0.4, -0.2) is 25.1 Å². The van der Waals surface area contributed by atoms with Crippen LogP contribution in [0.5, 0.6) is 5.75 Å². The number of dihydropyridines is 1. The third-order valence-electron chi connectivity index (χ3n) is 5.66. The Labute approximate surface area is 168 Å². The molecule has 0 spiro atoms. The fourth-order valence-electron chi connectivity index (χ4n) is 4.17. The van der Waals surface area contributed by atoms with Gasteiger partial charge < -0.3 is 10.4 Å². The summed E-state index contributed by atoms with van der Waals surface area (Å²) in [5.41, 5.74) is 1.36. The molecule has 0 amide bonds. The first kappa shape index (κ1) is 18.8. The molecule has 1 unspecified atom stereocenters. The minimum absolute atomic E-state index is 0.0195. The van der Waals surface area contributed by atoms with Crippen molar-refractivity contribution in [1.82, 2.24) is 5.32 Å². The van der Waals surface area contributed by atoms with E-state index in [1.165, 1.54) is 12.1 Å². The number of halogens is 2. The Morgan fingerprint density at radius 3 is 2.59 bits per heavy atom. The van der Waals surface area contributed by atoms with Crippen molar-refractivity contribution in [2.24, 2.45) is 5.41 Å². The zero-order valence-electron chi connectivity index (χ0n) is 14.9. The highest BCUT2D eigenvalue weighted by Gasteiger charge is 2.49. The number of hydrogen-bond donors (Lipinski definition) is 2. The van der Waals surface area contributed by atoms with E-state index in [4.69, 9.17) is 23.2 Å². The molecule has 4 rings (SSSR count). The minimum atomic E-state index is -3.56. The van der Waals surface area contributed by atoms with E-state index in [1.807, 2.05) is 13.8 Å². The van der Waals surface area contributed by atoms with Crippen LogP contribution in [0, 0.1) is 5.41 Å². The summed E-state index contributed by atoms with van der Waals surface area (Å²) in [6.45, 7) is 3.71. The van der Waals surface area contributed by atoms with Crippen LogP contribution in [-0.2, 0) is 14.6 Å². The molecule has 3 aliphatic rings. The van der Waals surface area contributed by atoms with Crippen molar-refractivity contribution >= 4 is 38.8 Å². The summed E-state index contributed by atoms with van der Waals surface area (Å²) in [6.07, 6.45) is 1.66. The summed E-state index contributed by atoms with van der Waals surface area (Å²) in [5, 5.41) is 14.1. The molecule has 144 valence electrons. The normalized spacial score (nSPS) is 25.9. The van der Waals surface area contributed by atoms with Crippen molar-refractivity contribution in [3.8, 4) is 5.75 Å². The van der Waals surface area contributed by atoms with Crippen LogP contribution in [0.4, 0.5) is 0 Å². The molecule has 0 bridgehead atoms. The van der Waals surface area contributed by atoms with Crippen molar-refractivity contribution in [3.05, 3.63) is 49.6 Å². The number of ketones is 1. The second kappa shape index (κ2) is 6.00. The van der Waals surface area contributed by atoms with Crippen LogP contribution in [0.1, 0.15) is 44.6 Å². The molecule has 0 saturated heterocycles. The van der Waals surface area contributed by atoms with Gasteiger partial charge in [-0.1, -0.05) is 37.0 Å². The van der Waals surface area contributed by atoms with Gasteiger partial charge in [0.2, 0.25) is 0 Å². The number of sulfone groups is 1. The Kier molecular flexibility index (Phi) is 4.19. The smallest absolute Gasteiger partial charge is 0.177 e. The Balaban J connectivity index is 2.03. The highest BCUT2D eigenvalue weighted by Crippen LogP contribution is 2.53. The lowest BCUT2D eigenvalue weighted by Crippen LogP contribution is -2.39. The summed E-state index contributed by atoms with van der Waals surface area (Å²) < 4.78 is 25.6. The first-order valence-corrected chi connectivity index (χ1v) is 11.1. The topological polar surface area (TPSA) is 83.5 Å². The lowest BCUT2D eigenvalue weighted by atomic mass is 9.69. The zero-order chi connectivity index (χ0) is 19.7. The number of phenols is 1. The second-order valence-corrected chi connectivity index (χ2v) is 10.8. The molecule has 5 nitrogen and oxygen atoms in total. The van der Waals surface area contributed by atoms with Gasteiger partial charge in [0, 0.05) is 39.4 Å². The number of benzene rings is 1. The molecular formula is C19H19Cl2NO4S. The molecule has 1 aromatic rings. The molecule has 1 aliphatic carbocycles. The van der Waals surface area contributed by atoms with Gasteiger partial charge in [-0.15, -0.1) is 0 Å². The van der Waals surface area contributed by atoms with Gasteiger partial charge in [0.05, 0.1) is 21.6 Å². The second-order valence-electron chi connectivity index (χ2n) is 7.90. The summed E-state index contributed by atoms with van der Waals surface area (Å²) >= 11 is 12.2. The summed E-state index contributed by atoms with van der Waals surface area (Å²) in [7, 11) is -3.56. The third kappa shape index (κ3) is 2.80. The molecule has 0 aromatic heterocycles. The Morgan fingerprint density at radius 2 is 1.89 bits per heavy atom. The average molecular weight is 428 g/mol. The fraction of sp³-hybridized carbons (Fsp3) is 0.421. The number of phenolic OH excluding ortho intramolecular Hbond substituents is 1. The SMILES string of the molecule is CC1(C)CCC2=C(C1=O)C(c1cc(Cl)cc(Cl)c1O)C1=C(CCS1(=O)=O)N2. The summed E-state index contributed by atoms with van der Waals surface area (Å²) in [4.78, 5) is 13.4. The van der Waals surface area contributed by atoms with Gasteiger partial charge in [-0.05, 0) is 25.0 Å². The monoisotopic (exact) mass is 427 g/mol. The number of carbonyl (C=O) groups is 1. The average Bonchev–Trinajstić information content (AvgIpc) is 2.88. The summed E-state index contributed by atoms with van der Waals surface area (Å²) in [6, 6.07) is 2.89. The molecule has 2 aliphatic heterocycles. The molecule has 8 heteroatoms. The lowest BCUT2D eigenvalue weighted by molar-refractivity contribution is -0.124. The van der Waals surface area contributed by atoms with E-state index in [0.29, 0.717) is 30.5 Å². The van der Waals surface area contributed by atoms with Crippen molar-refractivity contribution in [2.75, 3.05) is 5.75 Å². The molecule has 2 N–H and O–H groups in total. The predicted molar refractivity (Wildman–Crippen MR) is 104 cm³/mol. The van der Waals surface area contributed by atoms with Gasteiger partial charge in [-0.2, -0.15) is 0 Å². The van der Waals surface area contributed by atoms with E-state index in [-0.39, 0.29) is 37.8 Å². The quantitative estimate of drug-likeness (QED) is 0.705. The van der Waals surface area contributed by atoms with E-state index in [2.05, 4.69) is 5.32 Å². The van der Waals surface area contributed by atoms with Crippen LogP contribution in [0.2, 0.25) is 10.0 Å². The largest absolute Gasteiger partial charge is 0.506 e. The van der Waals surface area contributed by atoms with Gasteiger partial charge in [-0.25, -0.2) is 8.42 Å². The number of aromatic hydroxyl groups is 1. The maximum absolute atomic E-state index is 13.3. The van der Waals surface area contributed by atoms with Crippen LogP contribution in [0.15, 0.2) is 34.0 Å². The fourth-order valence-corrected chi connectivity index (χ4v) is 6.51. The van der Waals surface area contributed by atoms with Crippen molar-refractivity contribution < 1.29 is 18.3 Å². The molecule has 0 radical (unpaired) electrons. The zero-order valence-corrected chi connectivity index (χ0v) is 17.2.